The van der Waals surface area contributed by atoms with Gasteiger partial charge < -0.3 is 10.1 Å². The molecule has 2 rings (SSSR count). The molecule has 5 nitrogen and oxygen atoms in total. The molecular weight excluding hydrogens is 331 g/mol. The highest BCUT2D eigenvalue weighted by atomic mass is 35.5. The summed E-state index contributed by atoms with van der Waals surface area (Å²) in [5, 5.41) is 3.24. The molecule has 0 bridgehead atoms. The summed E-state index contributed by atoms with van der Waals surface area (Å²) in [6, 6.07) is 5.38. The molecule has 1 heterocycles. The van der Waals surface area contributed by atoms with E-state index in [9.17, 15) is 12.8 Å². The van der Waals surface area contributed by atoms with Crippen LogP contribution in [0.1, 0.15) is 12.8 Å². The van der Waals surface area contributed by atoms with Gasteiger partial charge in [0.1, 0.15) is 10.7 Å². The van der Waals surface area contributed by atoms with Gasteiger partial charge in [-0.15, -0.1) is 12.4 Å². The van der Waals surface area contributed by atoms with Crippen molar-refractivity contribution in [1.29, 1.82) is 0 Å². The molecule has 1 saturated heterocycles. The number of sulfonamides is 1. The molecule has 0 spiro atoms. The summed E-state index contributed by atoms with van der Waals surface area (Å²) in [6.07, 6.45) is 1.64. The fraction of sp³-hybridized carbons (Fsp3) is 0.571. The first-order chi connectivity index (χ1) is 9.99. The van der Waals surface area contributed by atoms with Gasteiger partial charge >= 0.3 is 0 Å². The van der Waals surface area contributed by atoms with Gasteiger partial charge in [0.2, 0.25) is 10.0 Å². The van der Waals surface area contributed by atoms with Crippen LogP contribution in [0.2, 0.25) is 0 Å². The maximum Gasteiger partial charge on any atom is 0.243 e. The lowest BCUT2D eigenvalue weighted by molar-refractivity contribution is 0.0577. The molecule has 0 atom stereocenters. The Morgan fingerprint density at radius 1 is 1.32 bits per heavy atom. The van der Waals surface area contributed by atoms with Gasteiger partial charge in [0, 0.05) is 19.1 Å². The van der Waals surface area contributed by atoms with Crippen molar-refractivity contribution in [2.45, 2.75) is 17.7 Å². The van der Waals surface area contributed by atoms with Crippen molar-refractivity contribution in [3.8, 4) is 0 Å². The first-order valence-electron chi connectivity index (χ1n) is 6.93. The Morgan fingerprint density at radius 3 is 2.55 bits per heavy atom. The molecule has 0 saturated carbocycles. The van der Waals surface area contributed by atoms with Crippen LogP contribution in [0.25, 0.3) is 0 Å². The molecular formula is C14H22ClFN2O3S. The van der Waals surface area contributed by atoms with E-state index in [1.807, 2.05) is 0 Å². The van der Waals surface area contributed by atoms with E-state index in [-0.39, 0.29) is 29.3 Å². The van der Waals surface area contributed by atoms with Crippen LogP contribution in [0, 0.1) is 11.2 Å². The number of benzene rings is 1. The third kappa shape index (κ3) is 4.63. The highest BCUT2D eigenvalue weighted by molar-refractivity contribution is 7.89. The zero-order chi connectivity index (χ0) is 15.3. The fourth-order valence-corrected chi connectivity index (χ4v) is 3.86. The molecule has 1 aromatic rings. The van der Waals surface area contributed by atoms with Crippen molar-refractivity contribution in [2.75, 3.05) is 33.4 Å². The monoisotopic (exact) mass is 352 g/mol. The van der Waals surface area contributed by atoms with E-state index < -0.39 is 15.8 Å². The van der Waals surface area contributed by atoms with E-state index in [1.54, 1.807) is 7.11 Å². The second-order valence-corrected chi connectivity index (χ2v) is 7.17. The Kier molecular flexibility index (Phi) is 7.21. The van der Waals surface area contributed by atoms with Gasteiger partial charge in [-0.25, -0.2) is 17.5 Å². The molecule has 1 aliphatic rings. The van der Waals surface area contributed by atoms with E-state index >= 15 is 0 Å². The predicted molar refractivity (Wildman–Crippen MR) is 85.2 cm³/mol. The van der Waals surface area contributed by atoms with Gasteiger partial charge in [0.25, 0.3) is 0 Å². The van der Waals surface area contributed by atoms with Crippen LogP contribution >= 0.6 is 12.4 Å². The van der Waals surface area contributed by atoms with Gasteiger partial charge in [0.05, 0.1) is 6.61 Å². The van der Waals surface area contributed by atoms with Crippen molar-refractivity contribution in [3.63, 3.8) is 0 Å². The average Bonchev–Trinajstić information content (AvgIpc) is 2.47. The quantitative estimate of drug-likeness (QED) is 0.815. The Morgan fingerprint density at radius 2 is 1.95 bits per heavy atom. The summed E-state index contributed by atoms with van der Waals surface area (Å²) in [6.45, 7) is 2.38. The lowest BCUT2D eigenvalue weighted by atomic mass is 9.80. The summed E-state index contributed by atoms with van der Waals surface area (Å²) in [5.41, 5.74) is -0.238. The number of hydrogen-bond acceptors (Lipinski definition) is 4. The van der Waals surface area contributed by atoms with Crippen LogP contribution in [0.4, 0.5) is 4.39 Å². The van der Waals surface area contributed by atoms with Crippen LogP contribution in [-0.4, -0.2) is 41.8 Å². The molecule has 2 N–H and O–H groups in total. The number of hydrogen-bond donors (Lipinski definition) is 2. The van der Waals surface area contributed by atoms with Crippen molar-refractivity contribution in [2.24, 2.45) is 5.41 Å². The number of methoxy groups -OCH3 is 1. The van der Waals surface area contributed by atoms with Crippen LogP contribution in [0.5, 0.6) is 0 Å². The van der Waals surface area contributed by atoms with Crippen molar-refractivity contribution in [1.82, 2.24) is 10.0 Å². The van der Waals surface area contributed by atoms with E-state index in [4.69, 9.17) is 4.74 Å². The third-order valence-electron chi connectivity index (χ3n) is 3.88. The molecule has 0 aromatic heterocycles. The van der Waals surface area contributed by atoms with Gasteiger partial charge in [-0.05, 0) is 38.1 Å². The summed E-state index contributed by atoms with van der Waals surface area (Å²) < 4.78 is 45.9. The molecule has 22 heavy (non-hydrogen) atoms. The van der Waals surface area contributed by atoms with E-state index in [0.717, 1.165) is 32.0 Å². The summed E-state index contributed by atoms with van der Waals surface area (Å²) in [4.78, 5) is -0.313. The molecule has 0 unspecified atom stereocenters. The highest BCUT2D eigenvalue weighted by Crippen LogP contribution is 2.29. The van der Waals surface area contributed by atoms with E-state index in [2.05, 4.69) is 10.0 Å². The molecule has 0 amide bonds. The number of piperidine rings is 1. The summed E-state index contributed by atoms with van der Waals surface area (Å²) in [5.74, 6) is -0.740. The normalized spacial score (nSPS) is 17.7. The van der Waals surface area contributed by atoms with Gasteiger partial charge in [-0.1, -0.05) is 12.1 Å². The summed E-state index contributed by atoms with van der Waals surface area (Å²) >= 11 is 0. The minimum atomic E-state index is -3.85. The SMILES string of the molecule is COCC1(CNS(=O)(=O)c2ccccc2F)CCNCC1.Cl. The molecule has 1 aliphatic heterocycles. The average molecular weight is 353 g/mol. The number of nitrogens with one attached hydrogen (secondary N) is 2. The molecule has 1 aromatic carbocycles. The third-order valence-corrected chi connectivity index (χ3v) is 5.31. The van der Waals surface area contributed by atoms with Gasteiger partial charge in [-0.3, -0.25) is 0 Å². The van der Waals surface area contributed by atoms with Crippen LogP contribution in [-0.2, 0) is 14.8 Å². The second kappa shape index (κ2) is 8.21. The zero-order valence-corrected chi connectivity index (χ0v) is 14.1. The van der Waals surface area contributed by atoms with Crippen LogP contribution in [0.15, 0.2) is 29.2 Å². The first-order valence-corrected chi connectivity index (χ1v) is 8.41. The van der Waals surface area contributed by atoms with Crippen LogP contribution < -0.4 is 10.0 Å². The Balaban J connectivity index is 0.00000242. The molecule has 1 fully saturated rings. The van der Waals surface area contributed by atoms with Crippen molar-refractivity contribution < 1.29 is 17.5 Å². The summed E-state index contributed by atoms with van der Waals surface area (Å²) in [7, 11) is -2.24. The lowest BCUT2D eigenvalue weighted by Crippen LogP contribution is -2.47. The largest absolute Gasteiger partial charge is 0.384 e. The standard InChI is InChI=1S/C14H21FN2O3S.ClH/c1-20-11-14(6-8-16-9-7-14)10-17-21(18,19)13-5-3-2-4-12(13)15;/h2-5,16-17H,6-11H2,1H3;1H. The Hall–Kier alpha value is -0.730. The maximum atomic E-state index is 13.6. The van der Waals surface area contributed by atoms with E-state index in [1.165, 1.54) is 18.2 Å². The number of ether oxygens (including phenoxy) is 1. The maximum absolute atomic E-state index is 13.6. The molecule has 0 radical (unpaired) electrons. The predicted octanol–water partition coefficient (Wildman–Crippen LogP) is 1.54. The number of rotatable bonds is 6. The van der Waals surface area contributed by atoms with Crippen molar-refractivity contribution >= 4 is 22.4 Å². The molecule has 8 heteroatoms. The lowest BCUT2D eigenvalue weighted by Gasteiger charge is -2.37. The topological polar surface area (TPSA) is 67.4 Å². The Bertz CT molecular complexity index is 572. The smallest absolute Gasteiger partial charge is 0.243 e. The van der Waals surface area contributed by atoms with Crippen molar-refractivity contribution in [3.05, 3.63) is 30.1 Å². The Labute approximate surface area is 137 Å². The van der Waals surface area contributed by atoms with Gasteiger partial charge in [0.15, 0.2) is 0 Å². The van der Waals surface area contributed by atoms with Crippen LogP contribution in [0.3, 0.4) is 0 Å². The van der Waals surface area contributed by atoms with Gasteiger partial charge in [-0.2, -0.15) is 0 Å². The minimum absolute atomic E-state index is 0. The molecule has 0 aliphatic carbocycles. The van der Waals surface area contributed by atoms with E-state index in [0.29, 0.717) is 6.61 Å². The second-order valence-electron chi connectivity index (χ2n) is 5.44. The minimum Gasteiger partial charge on any atom is -0.384 e. The fourth-order valence-electron chi connectivity index (χ4n) is 2.62. The molecule has 126 valence electrons. The zero-order valence-electron chi connectivity index (χ0n) is 12.5. The highest BCUT2D eigenvalue weighted by Gasteiger charge is 2.34. The first kappa shape index (κ1) is 19.3. The number of halogens is 2.